The monoisotopic (exact) mass is 284 g/mol. The molecular formula is C18H20O3. The lowest BCUT2D eigenvalue weighted by Crippen LogP contribution is -2.45. The summed E-state index contributed by atoms with van der Waals surface area (Å²) in [7, 11) is 0. The van der Waals surface area contributed by atoms with Gasteiger partial charge in [-0.15, -0.1) is 0 Å². The number of carbonyl (C=O) groups is 2. The second-order valence-corrected chi connectivity index (χ2v) is 6.96. The van der Waals surface area contributed by atoms with E-state index in [4.69, 9.17) is 0 Å². The van der Waals surface area contributed by atoms with E-state index in [-0.39, 0.29) is 11.7 Å². The molecule has 0 radical (unpaired) electrons. The molecule has 110 valence electrons. The molecule has 3 aliphatic rings. The van der Waals surface area contributed by atoms with Crippen LogP contribution in [0.3, 0.4) is 0 Å². The quantitative estimate of drug-likeness (QED) is 0.637. The molecule has 0 spiro atoms. The Morgan fingerprint density at radius 1 is 1.19 bits per heavy atom. The number of aldehydes is 1. The third-order valence-corrected chi connectivity index (χ3v) is 6.25. The van der Waals surface area contributed by atoms with Crippen LogP contribution in [0.1, 0.15) is 49.1 Å². The Labute approximate surface area is 124 Å². The molecule has 0 saturated heterocycles. The van der Waals surface area contributed by atoms with Gasteiger partial charge in [0.25, 0.3) is 0 Å². The smallest absolute Gasteiger partial charge is 0.146 e. The summed E-state index contributed by atoms with van der Waals surface area (Å²) in [6.07, 6.45) is 6.04. The summed E-state index contributed by atoms with van der Waals surface area (Å²) in [5, 5.41) is 9.66. The number of ketones is 1. The fourth-order valence-electron chi connectivity index (χ4n) is 5.29. The molecule has 0 amide bonds. The summed E-state index contributed by atoms with van der Waals surface area (Å²) in [6.45, 7) is 0. The van der Waals surface area contributed by atoms with E-state index in [0.717, 1.165) is 32.0 Å². The van der Waals surface area contributed by atoms with E-state index in [1.807, 2.05) is 12.1 Å². The van der Waals surface area contributed by atoms with Crippen molar-refractivity contribution in [1.82, 2.24) is 0 Å². The third-order valence-electron chi connectivity index (χ3n) is 6.25. The molecule has 0 heterocycles. The normalized spacial score (nSPS) is 37.5. The minimum absolute atomic E-state index is 0.178. The lowest BCUT2D eigenvalue weighted by Gasteiger charge is -2.47. The maximum atomic E-state index is 12.3. The number of fused-ring (bicyclic) bond motifs is 5. The van der Waals surface area contributed by atoms with Crippen molar-refractivity contribution in [2.45, 2.75) is 44.4 Å². The number of Topliss-reactive ketones (excluding diaryl/α,β-unsaturated/α-hetero) is 1. The predicted octanol–water partition coefficient (Wildman–Crippen LogP) is 3.00. The Bertz CT molecular complexity index is 621. The van der Waals surface area contributed by atoms with Gasteiger partial charge < -0.3 is 9.90 Å². The summed E-state index contributed by atoms with van der Waals surface area (Å²) in [5.41, 5.74) is 1.91. The van der Waals surface area contributed by atoms with Crippen molar-refractivity contribution in [3.05, 3.63) is 29.3 Å². The first-order valence-electron chi connectivity index (χ1n) is 7.97. The average molecular weight is 284 g/mol. The highest BCUT2D eigenvalue weighted by Crippen LogP contribution is 2.59. The van der Waals surface area contributed by atoms with Crippen LogP contribution < -0.4 is 0 Å². The number of aryl methyl sites for hydroxylation is 1. The van der Waals surface area contributed by atoms with Crippen LogP contribution in [0.2, 0.25) is 0 Å². The fourth-order valence-corrected chi connectivity index (χ4v) is 5.29. The number of benzene rings is 1. The Hall–Kier alpha value is -1.64. The average Bonchev–Trinajstić information content (AvgIpc) is 2.84. The minimum Gasteiger partial charge on any atom is -0.508 e. The van der Waals surface area contributed by atoms with Crippen LogP contribution in [-0.2, 0) is 16.0 Å². The number of phenolic OH excluding ortho intramolecular Hbond substituents is 1. The number of phenols is 1. The van der Waals surface area contributed by atoms with Gasteiger partial charge in [0, 0.05) is 6.42 Å². The van der Waals surface area contributed by atoms with Crippen molar-refractivity contribution in [2.24, 2.45) is 17.3 Å². The SMILES string of the molecule is O=C[C@]12CC[C@@H]3c4ccc(O)cc4CC[C@H]3[C@@H]1CCC2=O. The Balaban J connectivity index is 1.74. The molecule has 1 aromatic carbocycles. The van der Waals surface area contributed by atoms with Gasteiger partial charge in [-0.25, -0.2) is 0 Å². The fraction of sp³-hybridized carbons (Fsp3) is 0.556. The molecule has 0 bridgehead atoms. The van der Waals surface area contributed by atoms with Gasteiger partial charge >= 0.3 is 0 Å². The van der Waals surface area contributed by atoms with Gasteiger partial charge in [0.05, 0.1) is 5.41 Å². The van der Waals surface area contributed by atoms with Gasteiger partial charge in [-0.05, 0) is 73.1 Å². The summed E-state index contributed by atoms with van der Waals surface area (Å²) < 4.78 is 0. The van der Waals surface area contributed by atoms with E-state index >= 15 is 0 Å². The van der Waals surface area contributed by atoms with Crippen LogP contribution in [-0.4, -0.2) is 17.2 Å². The van der Waals surface area contributed by atoms with Crippen LogP contribution >= 0.6 is 0 Å². The lowest BCUT2D eigenvalue weighted by atomic mass is 9.55. The molecule has 0 aliphatic heterocycles. The third kappa shape index (κ3) is 1.66. The van der Waals surface area contributed by atoms with E-state index < -0.39 is 5.41 Å². The highest BCUT2D eigenvalue weighted by molar-refractivity contribution is 6.00. The minimum atomic E-state index is -0.671. The maximum absolute atomic E-state index is 12.3. The van der Waals surface area contributed by atoms with E-state index in [1.165, 1.54) is 11.1 Å². The molecule has 2 saturated carbocycles. The standard InChI is InChI=1S/C18H20O3/c19-10-18-8-7-14-13-4-2-12(20)9-11(13)1-3-15(14)16(18)5-6-17(18)21/h2,4,9-10,14-16,20H,1,3,5-8H2/t14-,15-,16+,18-/m1/s1. The lowest BCUT2D eigenvalue weighted by molar-refractivity contribution is -0.138. The summed E-state index contributed by atoms with van der Waals surface area (Å²) in [5.74, 6) is 1.66. The van der Waals surface area contributed by atoms with Crippen molar-refractivity contribution in [3.8, 4) is 5.75 Å². The zero-order valence-corrected chi connectivity index (χ0v) is 12.0. The number of rotatable bonds is 1. The van der Waals surface area contributed by atoms with E-state index in [0.29, 0.717) is 30.4 Å². The Morgan fingerprint density at radius 3 is 2.86 bits per heavy atom. The Morgan fingerprint density at radius 2 is 2.05 bits per heavy atom. The zero-order valence-electron chi connectivity index (χ0n) is 12.0. The number of hydrogen-bond acceptors (Lipinski definition) is 3. The van der Waals surface area contributed by atoms with Crippen LogP contribution in [0.5, 0.6) is 5.75 Å². The Kier molecular flexibility index (Phi) is 2.75. The predicted molar refractivity (Wildman–Crippen MR) is 78.1 cm³/mol. The van der Waals surface area contributed by atoms with E-state index in [2.05, 4.69) is 0 Å². The van der Waals surface area contributed by atoms with Crippen molar-refractivity contribution in [1.29, 1.82) is 0 Å². The largest absolute Gasteiger partial charge is 0.508 e. The van der Waals surface area contributed by atoms with Crippen LogP contribution in [0.4, 0.5) is 0 Å². The highest BCUT2D eigenvalue weighted by Gasteiger charge is 2.57. The molecule has 2 fully saturated rings. The van der Waals surface area contributed by atoms with Crippen molar-refractivity contribution in [2.75, 3.05) is 0 Å². The maximum Gasteiger partial charge on any atom is 0.146 e. The number of aromatic hydroxyl groups is 1. The first-order chi connectivity index (χ1) is 10.2. The van der Waals surface area contributed by atoms with Crippen LogP contribution in [0.25, 0.3) is 0 Å². The summed E-state index contributed by atoms with van der Waals surface area (Å²) in [4.78, 5) is 23.9. The van der Waals surface area contributed by atoms with Crippen LogP contribution in [0, 0.1) is 17.3 Å². The van der Waals surface area contributed by atoms with Crippen molar-refractivity contribution in [3.63, 3.8) is 0 Å². The molecule has 3 heteroatoms. The molecule has 3 nitrogen and oxygen atoms in total. The molecule has 1 N–H and O–H groups in total. The molecule has 4 atom stereocenters. The van der Waals surface area contributed by atoms with Crippen molar-refractivity contribution >= 4 is 12.1 Å². The first kappa shape index (κ1) is 13.1. The van der Waals surface area contributed by atoms with E-state index in [9.17, 15) is 14.7 Å². The second-order valence-electron chi connectivity index (χ2n) is 6.96. The van der Waals surface area contributed by atoms with Gasteiger partial charge in [-0.1, -0.05) is 6.07 Å². The van der Waals surface area contributed by atoms with Gasteiger partial charge in [-0.2, -0.15) is 0 Å². The molecule has 4 rings (SSSR count). The first-order valence-corrected chi connectivity index (χ1v) is 7.97. The number of carbonyl (C=O) groups excluding carboxylic acids is 2. The highest BCUT2D eigenvalue weighted by atomic mass is 16.3. The van der Waals surface area contributed by atoms with Gasteiger partial charge in [0.2, 0.25) is 0 Å². The van der Waals surface area contributed by atoms with Gasteiger partial charge in [-0.3, -0.25) is 4.79 Å². The molecule has 21 heavy (non-hydrogen) atoms. The van der Waals surface area contributed by atoms with Crippen LogP contribution in [0.15, 0.2) is 18.2 Å². The molecular weight excluding hydrogens is 264 g/mol. The summed E-state index contributed by atoms with van der Waals surface area (Å²) in [6, 6.07) is 5.70. The number of hydrogen-bond donors (Lipinski definition) is 1. The zero-order chi connectivity index (χ0) is 14.6. The topological polar surface area (TPSA) is 54.4 Å². The summed E-state index contributed by atoms with van der Waals surface area (Å²) >= 11 is 0. The molecule has 1 aromatic rings. The second kappa shape index (κ2) is 4.43. The van der Waals surface area contributed by atoms with Gasteiger partial charge in [0.1, 0.15) is 17.8 Å². The van der Waals surface area contributed by atoms with Crippen molar-refractivity contribution < 1.29 is 14.7 Å². The molecule has 0 unspecified atom stereocenters. The van der Waals surface area contributed by atoms with E-state index in [1.54, 1.807) is 6.07 Å². The molecule has 0 aromatic heterocycles. The molecule has 3 aliphatic carbocycles. The van der Waals surface area contributed by atoms with Gasteiger partial charge in [0.15, 0.2) is 0 Å².